The van der Waals surface area contributed by atoms with Crippen molar-refractivity contribution < 1.29 is 9.47 Å². The van der Waals surface area contributed by atoms with E-state index in [0.717, 1.165) is 52.9 Å². The van der Waals surface area contributed by atoms with E-state index in [1.54, 1.807) is 7.11 Å². The van der Waals surface area contributed by atoms with Crippen LogP contribution < -0.4 is 0 Å². The molecule has 3 rings (SSSR count). The summed E-state index contributed by atoms with van der Waals surface area (Å²) < 4.78 is 11.0. The van der Waals surface area contributed by atoms with Gasteiger partial charge in [-0.3, -0.25) is 0 Å². The van der Waals surface area contributed by atoms with Crippen LogP contribution in [0.4, 0.5) is 0 Å². The zero-order valence-electron chi connectivity index (χ0n) is 16.5. The number of H-pyrrole nitrogens is 2. The van der Waals surface area contributed by atoms with E-state index in [-0.39, 0.29) is 0 Å². The lowest BCUT2D eigenvalue weighted by atomic mass is 10.0. The Morgan fingerprint density at radius 1 is 1.33 bits per heavy atom. The maximum Gasteiger partial charge on any atom is 0.146 e. The van der Waals surface area contributed by atoms with Crippen LogP contribution in [0.2, 0.25) is 0 Å². The molecule has 5 heteroatoms. The minimum Gasteiger partial charge on any atom is -0.499 e. The number of aromatic amines is 2. The summed E-state index contributed by atoms with van der Waals surface area (Å²) >= 11 is 0. The molecule has 0 radical (unpaired) electrons. The highest BCUT2D eigenvalue weighted by Gasteiger charge is 2.18. The van der Waals surface area contributed by atoms with Gasteiger partial charge in [-0.25, -0.2) is 4.99 Å². The van der Waals surface area contributed by atoms with Gasteiger partial charge in [0.15, 0.2) is 0 Å². The van der Waals surface area contributed by atoms with E-state index in [4.69, 9.17) is 14.5 Å². The van der Waals surface area contributed by atoms with Crippen molar-refractivity contribution in [2.75, 3.05) is 13.7 Å². The van der Waals surface area contributed by atoms with Crippen molar-refractivity contribution in [1.29, 1.82) is 0 Å². The van der Waals surface area contributed by atoms with Crippen LogP contribution in [0.3, 0.4) is 0 Å². The van der Waals surface area contributed by atoms with Crippen LogP contribution in [-0.4, -0.2) is 29.4 Å². The third kappa shape index (κ3) is 4.08. The molecule has 27 heavy (non-hydrogen) atoms. The first-order valence-corrected chi connectivity index (χ1v) is 9.22. The lowest BCUT2D eigenvalue weighted by Gasteiger charge is -2.07. The summed E-state index contributed by atoms with van der Waals surface area (Å²) in [6, 6.07) is 3.96. The van der Waals surface area contributed by atoms with Crippen LogP contribution in [0.1, 0.15) is 41.6 Å². The normalized spacial score (nSPS) is 15.0. The Morgan fingerprint density at radius 3 is 2.81 bits per heavy atom. The fourth-order valence-corrected chi connectivity index (χ4v) is 3.32. The molecular weight excluding hydrogens is 338 g/mol. The molecule has 142 valence electrons. The van der Waals surface area contributed by atoms with Gasteiger partial charge in [0.2, 0.25) is 0 Å². The summed E-state index contributed by atoms with van der Waals surface area (Å²) in [7, 11) is 1.67. The number of allylic oxidation sites excluding steroid dienone is 2. The number of nitrogens with zero attached hydrogens (tertiary/aromatic N) is 1. The molecule has 3 heterocycles. The molecule has 2 N–H and O–H groups in total. The zero-order chi connectivity index (χ0) is 19.4. The third-order valence-electron chi connectivity index (χ3n) is 4.77. The van der Waals surface area contributed by atoms with Crippen molar-refractivity contribution >= 4 is 11.8 Å². The van der Waals surface area contributed by atoms with Crippen molar-refractivity contribution in [3.63, 3.8) is 0 Å². The van der Waals surface area contributed by atoms with Gasteiger partial charge in [-0.05, 0) is 56.5 Å². The number of aliphatic imine (C=N–C) groups is 1. The molecular formula is C22H27N3O2. The molecule has 0 fully saturated rings. The summed E-state index contributed by atoms with van der Waals surface area (Å²) in [6.45, 7) is 10.8. The first-order valence-electron chi connectivity index (χ1n) is 9.22. The smallest absolute Gasteiger partial charge is 0.146 e. The van der Waals surface area contributed by atoms with E-state index >= 15 is 0 Å². The topological polar surface area (TPSA) is 62.4 Å². The van der Waals surface area contributed by atoms with E-state index in [1.165, 1.54) is 11.1 Å². The lowest BCUT2D eigenvalue weighted by Crippen LogP contribution is -1.95. The Kier molecular flexibility index (Phi) is 5.69. The van der Waals surface area contributed by atoms with Crippen LogP contribution in [0.25, 0.3) is 6.08 Å². The molecule has 0 aliphatic carbocycles. The molecule has 0 saturated carbocycles. The van der Waals surface area contributed by atoms with Crippen LogP contribution in [-0.2, 0) is 15.9 Å². The van der Waals surface area contributed by atoms with Gasteiger partial charge in [-0.15, -0.1) is 0 Å². The first-order chi connectivity index (χ1) is 13.0. The van der Waals surface area contributed by atoms with E-state index in [2.05, 4.69) is 36.5 Å². The summed E-state index contributed by atoms with van der Waals surface area (Å²) in [5, 5.41) is 0. The first kappa shape index (κ1) is 18.8. The molecule has 2 aromatic rings. The quantitative estimate of drug-likeness (QED) is 0.659. The Hall–Kier alpha value is -2.95. The van der Waals surface area contributed by atoms with E-state index < -0.39 is 0 Å². The van der Waals surface area contributed by atoms with Crippen molar-refractivity contribution in [3.8, 4) is 0 Å². The number of aryl methyl sites for hydroxylation is 1. The van der Waals surface area contributed by atoms with Crippen molar-refractivity contribution in [2.24, 2.45) is 4.99 Å². The number of ether oxygens (including phenoxy) is 2. The van der Waals surface area contributed by atoms with E-state index in [9.17, 15) is 0 Å². The second kappa shape index (κ2) is 8.16. The average Bonchev–Trinajstić information content (AvgIpc) is 3.35. The highest BCUT2D eigenvalue weighted by atomic mass is 16.5. The Morgan fingerprint density at radius 2 is 2.15 bits per heavy atom. The number of aromatic nitrogens is 2. The van der Waals surface area contributed by atoms with Crippen molar-refractivity contribution in [1.82, 2.24) is 9.97 Å². The van der Waals surface area contributed by atoms with Crippen LogP contribution >= 0.6 is 0 Å². The van der Waals surface area contributed by atoms with Crippen LogP contribution in [0.5, 0.6) is 0 Å². The standard InChI is InChI=1S/C22H27N3O2/c1-6-27-14(2)9-10-17-15(3)19(24-16(17)4)12-21-22(26-5)13-20(25-21)18-8-7-11-23-18/h7-8,11-13,23-24H,2,6,9-10H2,1,3-5H3/b21-12-. The summed E-state index contributed by atoms with van der Waals surface area (Å²) in [4.78, 5) is 11.4. The minimum atomic E-state index is 0.661. The molecule has 1 aliphatic heterocycles. The summed E-state index contributed by atoms with van der Waals surface area (Å²) in [5.41, 5.74) is 7.41. The molecule has 0 saturated heterocycles. The third-order valence-corrected chi connectivity index (χ3v) is 4.77. The molecule has 0 bridgehead atoms. The van der Waals surface area contributed by atoms with Crippen LogP contribution in [0, 0.1) is 13.8 Å². The maximum absolute atomic E-state index is 5.53. The van der Waals surface area contributed by atoms with E-state index in [1.807, 2.05) is 31.3 Å². The largest absolute Gasteiger partial charge is 0.499 e. The minimum absolute atomic E-state index is 0.661. The maximum atomic E-state index is 5.53. The predicted molar refractivity (Wildman–Crippen MR) is 110 cm³/mol. The number of methoxy groups -OCH3 is 1. The molecule has 0 unspecified atom stereocenters. The molecule has 0 aromatic carbocycles. The Balaban J connectivity index is 1.85. The fraction of sp³-hybridized carbons (Fsp3) is 0.318. The Bertz CT molecular complexity index is 912. The Labute approximate surface area is 160 Å². The van der Waals surface area contributed by atoms with Gasteiger partial charge in [0.05, 0.1) is 30.9 Å². The molecule has 0 atom stereocenters. The SMILES string of the molecule is C=C(CCc1c(C)[nH]c(/C=C2\N=C(c3ccc[nH]3)C=C2OC)c1C)OCC. The van der Waals surface area contributed by atoms with Gasteiger partial charge in [0.1, 0.15) is 11.5 Å². The highest BCUT2D eigenvalue weighted by Crippen LogP contribution is 2.28. The molecule has 1 aliphatic rings. The number of nitrogens with one attached hydrogen (secondary N) is 2. The monoisotopic (exact) mass is 365 g/mol. The van der Waals surface area contributed by atoms with Crippen LogP contribution in [0.15, 0.2) is 53.2 Å². The van der Waals surface area contributed by atoms with Gasteiger partial charge in [-0.1, -0.05) is 6.58 Å². The second-order valence-corrected chi connectivity index (χ2v) is 6.56. The molecule has 5 nitrogen and oxygen atoms in total. The molecule has 0 spiro atoms. The van der Waals surface area contributed by atoms with Gasteiger partial charge < -0.3 is 19.4 Å². The zero-order valence-corrected chi connectivity index (χ0v) is 16.5. The van der Waals surface area contributed by atoms with Gasteiger partial charge in [0, 0.05) is 30.1 Å². The van der Waals surface area contributed by atoms with Crippen molar-refractivity contribution in [3.05, 3.63) is 76.4 Å². The lowest BCUT2D eigenvalue weighted by molar-refractivity contribution is 0.220. The summed E-state index contributed by atoms with van der Waals surface area (Å²) in [5.74, 6) is 1.59. The number of rotatable bonds is 8. The predicted octanol–water partition coefficient (Wildman–Crippen LogP) is 4.82. The van der Waals surface area contributed by atoms with Gasteiger partial charge >= 0.3 is 0 Å². The highest BCUT2D eigenvalue weighted by molar-refractivity contribution is 6.11. The van der Waals surface area contributed by atoms with Gasteiger partial charge in [0.25, 0.3) is 0 Å². The average molecular weight is 365 g/mol. The van der Waals surface area contributed by atoms with Gasteiger partial charge in [-0.2, -0.15) is 0 Å². The molecule has 0 amide bonds. The second-order valence-electron chi connectivity index (χ2n) is 6.56. The fourth-order valence-electron chi connectivity index (χ4n) is 3.32. The number of hydrogen-bond donors (Lipinski definition) is 2. The summed E-state index contributed by atoms with van der Waals surface area (Å²) in [6.07, 6.45) is 7.62. The molecule has 2 aromatic heterocycles. The van der Waals surface area contributed by atoms with E-state index in [0.29, 0.717) is 6.61 Å². The number of hydrogen-bond acceptors (Lipinski definition) is 3. The van der Waals surface area contributed by atoms with Crippen molar-refractivity contribution in [2.45, 2.75) is 33.6 Å².